The van der Waals surface area contributed by atoms with Gasteiger partial charge < -0.3 is 11.1 Å². The van der Waals surface area contributed by atoms with Gasteiger partial charge >= 0.3 is 0 Å². The van der Waals surface area contributed by atoms with Crippen molar-refractivity contribution in [3.8, 4) is 0 Å². The number of halogens is 2. The van der Waals surface area contributed by atoms with Crippen LogP contribution in [0.25, 0.3) is 0 Å². The molecule has 1 aromatic carbocycles. The maximum atomic E-state index is 14.4. The quantitative estimate of drug-likeness (QED) is 0.493. The fourth-order valence-corrected chi connectivity index (χ4v) is 1.90. The van der Waals surface area contributed by atoms with Gasteiger partial charge in [0.05, 0.1) is 6.04 Å². The molecule has 1 fully saturated rings. The summed E-state index contributed by atoms with van der Waals surface area (Å²) in [5.74, 6) is 0.320. The van der Waals surface area contributed by atoms with Gasteiger partial charge in [0.15, 0.2) is 11.6 Å². The summed E-state index contributed by atoms with van der Waals surface area (Å²) < 4.78 is 14.4. The first-order chi connectivity index (χ1) is 8.02. The Morgan fingerprint density at radius 2 is 2.06 bits per heavy atom. The minimum absolute atomic E-state index is 0. The Bertz CT molecular complexity index is 422. The lowest BCUT2D eigenvalue weighted by atomic mass is 10.1. The van der Waals surface area contributed by atoms with E-state index in [1.54, 1.807) is 12.1 Å². The summed E-state index contributed by atoms with van der Waals surface area (Å²) >= 11 is 0. The standard InChI is InChI=1S/C13H18FN3.HI/c1-9(2)16-12(15)17-11-8-13(11,14)10-6-4-3-5-7-10;/h3-7,9,11H,8H2,1-2H3,(H3,15,16,17);1H. The maximum Gasteiger partial charge on any atom is 0.189 e. The van der Waals surface area contributed by atoms with Gasteiger partial charge in [0, 0.05) is 12.5 Å². The summed E-state index contributed by atoms with van der Waals surface area (Å²) in [7, 11) is 0. The fraction of sp³-hybridized carbons (Fsp3) is 0.462. The van der Waals surface area contributed by atoms with E-state index in [4.69, 9.17) is 5.73 Å². The van der Waals surface area contributed by atoms with Crippen molar-refractivity contribution in [2.75, 3.05) is 0 Å². The van der Waals surface area contributed by atoms with Crippen LogP contribution in [0.3, 0.4) is 0 Å². The first-order valence-electron chi connectivity index (χ1n) is 5.86. The van der Waals surface area contributed by atoms with Crippen LogP contribution in [0, 0.1) is 0 Å². The Balaban J connectivity index is 0.00000162. The molecule has 100 valence electrons. The van der Waals surface area contributed by atoms with Crippen LogP contribution >= 0.6 is 24.0 Å². The van der Waals surface area contributed by atoms with Crippen molar-refractivity contribution in [2.45, 2.75) is 38.0 Å². The van der Waals surface area contributed by atoms with Crippen molar-refractivity contribution in [3.63, 3.8) is 0 Å². The van der Waals surface area contributed by atoms with Gasteiger partial charge in [-0.2, -0.15) is 0 Å². The molecule has 2 atom stereocenters. The van der Waals surface area contributed by atoms with E-state index in [1.807, 2.05) is 32.0 Å². The average Bonchev–Trinajstić information content (AvgIpc) is 2.90. The highest BCUT2D eigenvalue weighted by atomic mass is 127. The molecule has 2 rings (SSSR count). The number of aliphatic imine (C=N–C) groups is 1. The molecule has 18 heavy (non-hydrogen) atoms. The first kappa shape index (κ1) is 15.2. The lowest BCUT2D eigenvalue weighted by Crippen LogP contribution is -2.37. The Hall–Kier alpha value is -0.850. The predicted octanol–water partition coefficient (Wildman–Crippen LogP) is 2.55. The monoisotopic (exact) mass is 363 g/mol. The van der Waals surface area contributed by atoms with E-state index in [2.05, 4.69) is 10.3 Å². The lowest BCUT2D eigenvalue weighted by molar-refractivity contribution is 0.306. The Morgan fingerprint density at radius 1 is 1.44 bits per heavy atom. The Kier molecular flexibility index (Phi) is 4.95. The van der Waals surface area contributed by atoms with E-state index in [9.17, 15) is 4.39 Å². The SMILES string of the molecule is CC(C)NC(N)=NC1CC1(F)c1ccccc1.I. The smallest absolute Gasteiger partial charge is 0.189 e. The molecule has 0 amide bonds. The molecule has 3 N–H and O–H groups in total. The van der Waals surface area contributed by atoms with Crippen molar-refractivity contribution < 1.29 is 4.39 Å². The zero-order valence-electron chi connectivity index (χ0n) is 10.6. The number of hydrogen-bond donors (Lipinski definition) is 2. The molecule has 0 heterocycles. The van der Waals surface area contributed by atoms with Crippen LogP contribution in [0.2, 0.25) is 0 Å². The molecule has 2 unspecified atom stereocenters. The highest BCUT2D eigenvalue weighted by Gasteiger charge is 2.57. The second-order valence-electron chi connectivity index (χ2n) is 4.76. The number of alkyl halides is 1. The van der Waals surface area contributed by atoms with Gasteiger partial charge in [-0.05, 0) is 19.4 Å². The zero-order chi connectivity index (χ0) is 12.5. The van der Waals surface area contributed by atoms with Crippen molar-refractivity contribution in [3.05, 3.63) is 35.9 Å². The molecule has 1 aliphatic carbocycles. The number of rotatable bonds is 3. The second kappa shape index (κ2) is 5.86. The van der Waals surface area contributed by atoms with Crippen LogP contribution in [-0.4, -0.2) is 18.0 Å². The average molecular weight is 363 g/mol. The fourth-order valence-electron chi connectivity index (χ4n) is 1.90. The van der Waals surface area contributed by atoms with Crippen molar-refractivity contribution in [2.24, 2.45) is 10.7 Å². The second-order valence-corrected chi connectivity index (χ2v) is 4.76. The van der Waals surface area contributed by atoms with Crippen LogP contribution < -0.4 is 11.1 Å². The number of benzene rings is 1. The molecule has 5 heteroatoms. The minimum atomic E-state index is -1.33. The molecule has 0 spiro atoms. The molecule has 0 aliphatic heterocycles. The summed E-state index contributed by atoms with van der Waals surface area (Å²) in [6, 6.07) is 9.00. The van der Waals surface area contributed by atoms with Crippen LogP contribution in [-0.2, 0) is 5.67 Å². The third-order valence-electron chi connectivity index (χ3n) is 2.84. The van der Waals surface area contributed by atoms with Gasteiger partial charge in [0.1, 0.15) is 0 Å². The van der Waals surface area contributed by atoms with Gasteiger partial charge in [-0.1, -0.05) is 30.3 Å². The molecule has 0 aromatic heterocycles. The van der Waals surface area contributed by atoms with E-state index in [0.29, 0.717) is 17.9 Å². The van der Waals surface area contributed by atoms with Gasteiger partial charge in [0.25, 0.3) is 0 Å². The van der Waals surface area contributed by atoms with E-state index >= 15 is 0 Å². The largest absolute Gasteiger partial charge is 0.370 e. The third-order valence-corrected chi connectivity index (χ3v) is 2.84. The molecular weight excluding hydrogens is 344 g/mol. The topological polar surface area (TPSA) is 50.4 Å². The van der Waals surface area contributed by atoms with Gasteiger partial charge in [-0.3, -0.25) is 0 Å². The molecule has 0 bridgehead atoms. The van der Waals surface area contributed by atoms with Crippen molar-refractivity contribution in [1.29, 1.82) is 0 Å². The lowest BCUT2D eigenvalue weighted by Gasteiger charge is -2.09. The molecule has 1 aliphatic rings. The van der Waals surface area contributed by atoms with Crippen LogP contribution in [0.1, 0.15) is 25.8 Å². The number of nitrogens with one attached hydrogen (secondary N) is 1. The van der Waals surface area contributed by atoms with Crippen LogP contribution in [0.15, 0.2) is 35.3 Å². The van der Waals surface area contributed by atoms with Crippen LogP contribution in [0.5, 0.6) is 0 Å². The highest BCUT2D eigenvalue weighted by Crippen LogP contribution is 2.51. The Labute approximate surface area is 124 Å². The molecule has 3 nitrogen and oxygen atoms in total. The van der Waals surface area contributed by atoms with Gasteiger partial charge in [-0.25, -0.2) is 9.38 Å². The van der Waals surface area contributed by atoms with Gasteiger partial charge in [0.2, 0.25) is 0 Å². The molecule has 1 aromatic rings. The third kappa shape index (κ3) is 3.34. The maximum absolute atomic E-state index is 14.4. The van der Waals surface area contributed by atoms with Crippen molar-refractivity contribution >= 4 is 29.9 Å². The predicted molar refractivity (Wildman–Crippen MR) is 82.9 cm³/mol. The van der Waals surface area contributed by atoms with Crippen molar-refractivity contribution in [1.82, 2.24) is 5.32 Å². The van der Waals surface area contributed by atoms with E-state index in [-0.39, 0.29) is 36.1 Å². The summed E-state index contributed by atoms with van der Waals surface area (Å²) in [5, 5.41) is 2.96. The summed E-state index contributed by atoms with van der Waals surface area (Å²) in [4.78, 5) is 4.17. The zero-order valence-corrected chi connectivity index (χ0v) is 12.9. The van der Waals surface area contributed by atoms with E-state index in [0.717, 1.165) is 0 Å². The number of hydrogen-bond acceptors (Lipinski definition) is 1. The number of guanidine groups is 1. The molecule has 1 saturated carbocycles. The minimum Gasteiger partial charge on any atom is -0.370 e. The number of nitrogens with two attached hydrogens (primary N) is 1. The normalized spacial score (nSPS) is 26.7. The van der Waals surface area contributed by atoms with Gasteiger partial charge in [-0.15, -0.1) is 24.0 Å². The Morgan fingerprint density at radius 3 is 2.61 bits per heavy atom. The molecular formula is C13H19FIN3. The summed E-state index contributed by atoms with van der Waals surface area (Å²) in [6.07, 6.45) is 0.414. The van der Waals surface area contributed by atoms with E-state index in [1.165, 1.54) is 0 Å². The first-order valence-corrected chi connectivity index (χ1v) is 5.86. The number of nitrogens with zero attached hydrogens (tertiary/aromatic N) is 1. The van der Waals surface area contributed by atoms with E-state index < -0.39 is 5.67 Å². The van der Waals surface area contributed by atoms with Crippen LogP contribution in [0.4, 0.5) is 4.39 Å². The summed E-state index contributed by atoms with van der Waals surface area (Å²) in [6.45, 7) is 3.93. The summed E-state index contributed by atoms with van der Waals surface area (Å²) in [5.41, 5.74) is 5.04. The highest BCUT2D eigenvalue weighted by molar-refractivity contribution is 14.0. The molecule has 0 saturated heterocycles. The molecule has 0 radical (unpaired) electrons.